The van der Waals surface area contributed by atoms with Crippen molar-refractivity contribution in [3.8, 4) is 0 Å². The van der Waals surface area contributed by atoms with E-state index in [1.54, 1.807) is 0 Å². The Bertz CT molecular complexity index is 627. The topological polar surface area (TPSA) is 32.3 Å². The maximum atomic E-state index is 10.5. The molecule has 1 aliphatic heterocycles. The van der Waals surface area contributed by atoms with Gasteiger partial charge in [0, 0.05) is 28.0 Å². The van der Waals surface area contributed by atoms with Crippen molar-refractivity contribution in [3.05, 3.63) is 69.7 Å². The normalized spacial score (nSPS) is 28.5. The van der Waals surface area contributed by atoms with Crippen molar-refractivity contribution < 1.29 is 5.11 Å². The molecular weight excluding hydrogens is 317 g/mol. The lowest BCUT2D eigenvalue weighted by molar-refractivity contribution is 0.0402. The van der Waals surface area contributed by atoms with Gasteiger partial charge in [0.2, 0.25) is 0 Å². The Morgan fingerprint density at radius 1 is 0.909 bits per heavy atom. The molecule has 0 spiro atoms. The second-order valence-electron chi connectivity index (χ2n) is 5.96. The first-order chi connectivity index (χ1) is 10.5. The Balaban J connectivity index is 1.86. The van der Waals surface area contributed by atoms with Crippen LogP contribution in [0, 0.1) is 5.92 Å². The van der Waals surface area contributed by atoms with Gasteiger partial charge in [0.05, 0.1) is 6.10 Å². The van der Waals surface area contributed by atoms with Crippen LogP contribution in [0.2, 0.25) is 10.0 Å². The smallest absolute Gasteiger partial charge is 0.0602 e. The van der Waals surface area contributed by atoms with E-state index in [1.807, 2.05) is 48.5 Å². The van der Waals surface area contributed by atoms with Gasteiger partial charge in [-0.1, -0.05) is 54.4 Å². The molecule has 2 nitrogen and oxygen atoms in total. The van der Waals surface area contributed by atoms with Crippen molar-refractivity contribution in [2.24, 2.45) is 5.92 Å². The largest absolute Gasteiger partial charge is 0.393 e. The van der Waals surface area contributed by atoms with Crippen LogP contribution in [0.15, 0.2) is 48.5 Å². The van der Waals surface area contributed by atoms with Gasteiger partial charge in [0.15, 0.2) is 0 Å². The summed E-state index contributed by atoms with van der Waals surface area (Å²) in [7, 11) is 0. The minimum Gasteiger partial charge on any atom is -0.393 e. The number of nitrogens with one attached hydrogen (secondary N) is 1. The van der Waals surface area contributed by atoms with Crippen molar-refractivity contribution in [1.29, 1.82) is 0 Å². The first-order valence-corrected chi connectivity index (χ1v) is 8.25. The van der Waals surface area contributed by atoms with Crippen LogP contribution in [0.5, 0.6) is 0 Å². The minimum atomic E-state index is -0.345. The summed E-state index contributed by atoms with van der Waals surface area (Å²) in [6.45, 7) is 2.08. The first kappa shape index (κ1) is 15.8. The second-order valence-corrected chi connectivity index (χ2v) is 6.84. The van der Waals surface area contributed by atoms with Crippen molar-refractivity contribution in [2.75, 3.05) is 0 Å². The van der Waals surface area contributed by atoms with Gasteiger partial charge in [-0.15, -0.1) is 0 Å². The maximum Gasteiger partial charge on any atom is 0.0602 e. The summed E-state index contributed by atoms with van der Waals surface area (Å²) in [6, 6.07) is 15.9. The Morgan fingerprint density at radius 2 is 1.41 bits per heavy atom. The zero-order valence-corrected chi connectivity index (χ0v) is 13.9. The van der Waals surface area contributed by atoms with E-state index in [0.29, 0.717) is 6.42 Å². The van der Waals surface area contributed by atoms with Crippen LogP contribution in [0.3, 0.4) is 0 Å². The zero-order valence-electron chi connectivity index (χ0n) is 12.3. The molecule has 0 unspecified atom stereocenters. The number of piperidine rings is 1. The molecule has 0 aliphatic carbocycles. The lowest BCUT2D eigenvalue weighted by Crippen LogP contribution is -2.43. The van der Waals surface area contributed by atoms with E-state index in [1.165, 1.54) is 0 Å². The van der Waals surface area contributed by atoms with Crippen LogP contribution in [-0.4, -0.2) is 11.2 Å². The molecule has 4 atom stereocenters. The highest BCUT2D eigenvalue weighted by atomic mass is 35.5. The molecule has 2 N–H and O–H groups in total. The molecule has 0 bridgehead atoms. The van der Waals surface area contributed by atoms with Gasteiger partial charge in [-0.3, -0.25) is 0 Å². The first-order valence-electron chi connectivity index (χ1n) is 7.49. The predicted octanol–water partition coefficient (Wildman–Crippen LogP) is 4.77. The maximum absolute atomic E-state index is 10.5. The number of benzene rings is 2. The highest BCUT2D eigenvalue weighted by Crippen LogP contribution is 2.37. The summed E-state index contributed by atoms with van der Waals surface area (Å²) in [5, 5.41) is 15.6. The van der Waals surface area contributed by atoms with Gasteiger partial charge in [0.25, 0.3) is 0 Å². The standard InChI is InChI=1S/C18H19Cl2NO/c1-11-17(22)10-16(12-2-6-14(19)7-3-12)21-18(11)13-4-8-15(20)9-5-13/h2-9,11,16-18,21-22H,10H2,1H3/t11-,16+,17-,18+/m1/s1. The Hall–Kier alpha value is -1.06. The van der Waals surface area contributed by atoms with Gasteiger partial charge >= 0.3 is 0 Å². The molecule has 0 aromatic heterocycles. The molecule has 22 heavy (non-hydrogen) atoms. The molecule has 0 radical (unpaired) electrons. The van der Waals surface area contributed by atoms with Crippen LogP contribution in [0.25, 0.3) is 0 Å². The number of halogens is 2. The fraction of sp³-hybridized carbons (Fsp3) is 0.333. The molecule has 1 aliphatic rings. The second kappa shape index (κ2) is 6.59. The van der Waals surface area contributed by atoms with Gasteiger partial charge in [-0.25, -0.2) is 0 Å². The van der Waals surface area contributed by atoms with Crippen molar-refractivity contribution in [3.63, 3.8) is 0 Å². The van der Waals surface area contributed by atoms with E-state index < -0.39 is 0 Å². The molecule has 0 saturated carbocycles. The van der Waals surface area contributed by atoms with Crippen LogP contribution in [0.1, 0.15) is 36.6 Å². The van der Waals surface area contributed by atoms with E-state index in [2.05, 4.69) is 12.2 Å². The highest BCUT2D eigenvalue weighted by Gasteiger charge is 2.34. The third kappa shape index (κ3) is 3.31. The molecule has 0 amide bonds. The molecule has 3 rings (SSSR count). The SMILES string of the molecule is C[C@@H]1[C@H](O)C[C@@H](c2ccc(Cl)cc2)N[C@@H]1c1ccc(Cl)cc1. The summed E-state index contributed by atoms with van der Waals surface area (Å²) in [5.41, 5.74) is 2.30. The average molecular weight is 336 g/mol. The van der Waals surface area contributed by atoms with Gasteiger partial charge in [-0.2, -0.15) is 0 Å². The average Bonchev–Trinajstić information content (AvgIpc) is 2.52. The molecule has 2 aromatic carbocycles. The van der Waals surface area contributed by atoms with Crippen LogP contribution in [-0.2, 0) is 0 Å². The summed E-state index contributed by atoms with van der Waals surface area (Å²) < 4.78 is 0. The third-order valence-corrected chi connectivity index (χ3v) is 5.00. The molecule has 116 valence electrons. The van der Waals surface area contributed by atoms with Crippen molar-refractivity contribution in [1.82, 2.24) is 5.32 Å². The van der Waals surface area contributed by atoms with Crippen molar-refractivity contribution >= 4 is 23.2 Å². The van der Waals surface area contributed by atoms with Gasteiger partial charge in [0.1, 0.15) is 0 Å². The fourth-order valence-electron chi connectivity index (χ4n) is 3.11. The van der Waals surface area contributed by atoms with E-state index in [0.717, 1.165) is 21.2 Å². The zero-order chi connectivity index (χ0) is 15.7. The van der Waals surface area contributed by atoms with Crippen LogP contribution >= 0.6 is 23.2 Å². The Morgan fingerprint density at radius 3 is 1.95 bits per heavy atom. The minimum absolute atomic E-state index is 0.0988. The highest BCUT2D eigenvalue weighted by molar-refractivity contribution is 6.30. The quantitative estimate of drug-likeness (QED) is 0.828. The third-order valence-electron chi connectivity index (χ3n) is 4.49. The van der Waals surface area contributed by atoms with E-state index in [-0.39, 0.29) is 24.1 Å². The number of hydrogen-bond acceptors (Lipinski definition) is 2. The molecule has 1 saturated heterocycles. The molecular formula is C18H19Cl2NO. The Labute approximate surface area is 141 Å². The lowest BCUT2D eigenvalue weighted by atomic mass is 9.81. The number of hydrogen-bond donors (Lipinski definition) is 2. The van der Waals surface area contributed by atoms with E-state index in [4.69, 9.17) is 23.2 Å². The van der Waals surface area contributed by atoms with E-state index in [9.17, 15) is 5.11 Å². The summed E-state index contributed by atoms with van der Waals surface area (Å²) in [4.78, 5) is 0. The molecule has 1 fully saturated rings. The van der Waals surface area contributed by atoms with Gasteiger partial charge < -0.3 is 10.4 Å². The van der Waals surface area contributed by atoms with Gasteiger partial charge in [-0.05, 0) is 41.8 Å². The van der Waals surface area contributed by atoms with E-state index >= 15 is 0 Å². The summed E-state index contributed by atoms with van der Waals surface area (Å²) >= 11 is 11.9. The van der Waals surface area contributed by atoms with Crippen molar-refractivity contribution in [2.45, 2.75) is 31.5 Å². The molecule has 2 aromatic rings. The number of aliphatic hydroxyl groups is 1. The lowest BCUT2D eigenvalue weighted by Gasteiger charge is -2.40. The fourth-order valence-corrected chi connectivity index (χ4v) is 3.36. The number of aliphatic hydroxyl groups excluding tert-OH is 1. The predicted molar refractivity (Wildman–Crippen MR) is 91.3 cm³/mol. The van der Waals surface area contributed by atoms with Crippen LogP contribution < -0.4 is 5.32 Å². The number of rotatable bonds is 2. The monoisotopic (exact) mass is 335 g/mol. The summed E-state index contributed by atoms with van der Waals surface area (Å²) in [5.74, 6) is 0.143. The molecule has 4 heteroatoms. The summed E-state index contributed by atoms with van der Waals surface area (Å²) in [6.07, 6.45) is 0.356. The molecule has 1 heterocycles. The van der Waals surface area contributed by atoms with Crippen LogP contribution in [0.4, 0.5) is 0 Å². The Kier molecular flexibility index (Phi) is 4.74.